The number of rotatable bonds is 24. The Morgan fingerprint density at radius 3 is 1.93 bits per heavy atom. The highest BCUT2D eigenvalue weighted by molar-refractivity contribution is 7.47. The van der Waals surface area contributed by atoms with E-state index in [0.717, 1.165) is 39.0 Å². The average molecular weight is 627 g/mol. The van der Waals surface area contributed by atoms with Gasteiger partial charge >= 0.3 is 19.8 Å². The number of phosphoric ester groups is 1. The number of hydrogen-bond acceptors (Lipinski definition) is 8. The number of likely N-dealkylation sites (N-methyl/N-ethyl adjacent to an activating group) is 1. The van der Waals surface area contributed by atoms with Gasteiger partial charge in [-0.3, -0.25) is 18.6 Å². The molecule has 43 heavy (non-hydrogen) atoms. The van der Waals surface area contributed by atoms with Crippen molar-refractivity contribution >= 4 is 19.8 Å². The normalized spacial score (nSPS) is 15.8. The van der Waals surface area contributed by atoms with Gasteiger partial charge < -0.3 is 24.0 Å². The first-order chi connectivity index (χ1) is 20.3. The first-order valence-corrected chi connectivity index (χ1v) is 16.2. The maximum atomic E-state index is 12.1. The minimum atomic E-state index is -4.38. The Morgan fingerprint density at radius 2 is 1.40 bits per heavy atom. The second kappa shape index (κ2) is 24.8. The van der Waals surface area contributed by atoms with E-state index in [0.29, 0.717) is 11.0 Å². The summed E-state index contributed by atoms with van der Waals surface area (Å²) < 4.78 is 32.5. The highest BCUT2D eigenvalue weighted by atomic mass is 31.2. The zero-order valence-electron chi connectivity index (χ0n) is 26.5. The summed E-state index contributed by atoms with van der Waals surface area (Å²) in [6.45, 7) is 2.88. The van der Waals surface area contributed by atoms with Gasteiger partial charge in [-0.1, -0.05) is 79.8 Å². The number of esters is 2. The van der Waals surface area contributed by atoms with Gasteiger partial charge in [-0.2, -0.15) is 0 Å². The average Bonchev–Trinajstić information content (AvgIpc) is 2.92. The van der Waals surface area contributed by atoms with Gasteiger partial charge in [-0.15, -0.1) is 0 Å². The molecule has 0 aromatic rings. The lowest BCUT2D eigenvalue weighted by atomic mass is 10.2. The molecule has 0 rings (SSSR count). The van der Waals surface area contributed by atoms with Crippen LogP contribution in [0.3, 0.4) is 0 Å². The lowest BCUT2D eigenvalue weighted by Crippen LogP contribution is -2.37. The lowest BCUT2D eigenvalue weighted by Gasteiger charge is -2.24. The third-order valence-corrected chi connectivity index (χ3v) is 6.40. The van der Waals surface area contributed by atoms with Crippen LogP contribution in [0.25, 0.3) is 0 Å². The Hall–Kier alpha value is -2.59. The molecule has 0 aromatic heterocycles. The summed E-state index contributed by atoms with van der Waals surface area (Å²) in [4.78, 5) is 33.3. The molecule has 0 aromatic carbocycles. The van der Waals surface area contributed by atoms with Crippen molar-refractivity contribution in [2.45, 2.75) is 71.0 Å². The molecule has 0 aliphatic carbocycles. The van der Waals surface area contributed by atoms with Gasteiger partial charge in [-0.25, -0.2) is 4.57 Å². The standard InChI is InChI=1S/C32H52NO9P/c1-6-7-8-9-10-11-12-13-14-15-16-17-18-19-20-21-22-30(35)23-24-32(36)39-27-31(42-29(2)34)28-41-43(37,38)40-26-25-33(3,4)5/h7-8,10-11,13-14,16-17,19-22,30-31,35H,6,9,12,15,18,23-28H2,1-5H3/p+1/b8-7-,11-10-,14-13-,17-16-,20-19-,22-21-/t30?,31-/m1/s1. The van der Waals surface area contributed by atoms with Crippen molar-refractivity contribution in [3.63, 3.8) is 0 Å². The molecule has 0 amide bonds. The molecule has 0 aliphatic heterocycles. The van der Waals surface area contributed by atoms with Crippen LogP contribution in [0.15, 0.2) is 72.9 Å². The fraction of sp³-hybridized carbons (Fsp3) is 0.562. The molecule has 0 fully saturated rings. The zero-order valence-corrected chi connectivity index (χ0v) is 27.4. The van der Waals surface area contributed by atoms with Crippen LogP contribution in [-0.2, 0) is 32.7 Å². The minimum Gasteiger partial charge on any atom is -0.462 e. The lowest BCUT2D eigenvalue weighted by molar-refractivity contribution is -0.870. The van der Waals surface area contributed by atoms with Crippen LogP contribution in [0.5, 0.6) is 0 Å². The molecule has 11 heteroatoms. The number of aliphatic hydroxyl groups is 1. The summed E-state index contributed by atoms with van der Waals surface area (Å²) in [5.74, 6) is -1.29. The van der Waals surface area contributed by atoms with E-state index < -0.39 is 38.6 Å². The molecule has 10 nitrogen and oxygen atoms in total. The third kappa shape index (κ3) is 29.3. The SMILES string of the molecule is CC/C=C\C/C=C\C/C=C\C/C=C\C/C=C\C=C/C(O)CCC(=O)OC[C@H](COP(=O)(O)OCC[N+](C)(C)C)OC(C)=O. The molecular weight excluding hydrogens is 573 g/mol. The Labute approximate surface area is 258 Å². The fourth-order valence-electron chi connectivity index (χ4n) is 3.12. The van der Waals surface area contributed by atoms with Crippen molar-refractivity contribution in [3.05, 3.63) is 72.9 Å². The molecule has 0 spiro atoms. The van der Waals surface area contributed by atoms with Crippen molar-refractivity contribution in [3.8, 4) is 0 Å². The van der Waals surface area contributed by atoms with E-state index in [1.54, 1.807) is 12.2 Å². The number of phosphoric acid groups is 1. The quantitative estimate of drug-likeness (QED) is 0.0452. The summed E-state index contributed by atoms with van der Waals surface area (Å²) in [5, 5.41) is 10.1. The number of allylic oxidation sites excluding steroid dienone is 11. The second-order valence-electron chi connectivity index (χ2n) is 10.7. The molecule has 244 valence electrons. The highest BCUT2D eigenvalue weighted by Gasteiger charge is 2.26. The molecule has 3 atom stereocenters. The predicted octanol–water partition coefficient (Wildman–Crippen LogP) is 5.75. The van der Waals surface area contributed by atoms with Gasteiger partial charge in [-0.05, 0) is 38.5 Å². The largest absolute Gasteiger partial charge is 0.472 e. The van der Waals surface area contributed by atoms with Crippen LogP contribution in [0, 0.1) is 0 Å². The van der Waals surface area contributed by atoms with Crippen LogP contribution in [-0.4, -0.2) is 86.1 Å². The summed E-state index contributed by atoms with van der Waals surface area (Å²) >= 11 is 0. The Balaban J connectivity index is 4.25. The maximum Gasteiger partial charge on any atom is 0.472 e. The van der Waals surface area contributed by atoms with E-state index in [2.05, 4.69) is 55.5 Å². The number of ether oxygens (including phenoxy) is 2. The van der Waals surface area contributed by atoms with Gasteiger partial charge in [0.25, 0.3) is 0 Å². The summed E-state index contributed by atoms with van der Waals surface area (Å²) in [7, 11) is 1.33. The van der Waals surface area contributed by atoms with Crippen molar-refractivity contribution < 1.29 is 47.2 Å². The molecule has 0 bridgehead atoms. The van der Waals surface area contributed by atoms with Crippen LogP contribution < -0.4 is 0 Å². The van der Waals surface area contributed by atoms with Gasteiger partial charge in [0.2, 0.25) is 0 Å². The van der Waals surface area contributed by atoms with Gasteiger partial charge in [0.1, 0.15) is 19.8 Å². The Kier molecular flexibility index (Phi) is 23.3. The number of carbonyl (C=O) groups is 2. The smallest absolute Gasteiger partial charge is 0.462 e. The molecule has 0 aliphatic rings. The van der Waals surface area contributed by atoms with Crippen molar-refractivity contribution in [1.29, 1.82) is 0 Å². The van der Waals surface area contributed by atoms with E-state index >= 15 is 0 Å². The van der Waals surface area contributed by atoms with Crippen LogP contribution >= 0.6 is 7.82 Å². The molecule has 0 radical (unpaired) electrons. The fourth-order valence-corrected chi connectivity index (χ4v) is 3.86. The highest BCUT2D eigenvalue weighted by Crippen LogP contribution is 2.43. The monoisotopic (exact) mass is 626 g/mol. The number of nitrogens with zero attached hydrogens (tertiary/aromatic N) is 1. The van der Waals surface area contributed by atoms with E-state index in [4.69, 9.17) is 18.5 Å². The first kappa shape index (κ1) is 40.4. The minimum absolute atomic E-state index is 0.0116. The Bertz CT molecular complexity index is 993. The van der Waals surface area contributed by atoms with Gasteiger partial charge in [0.05, 0.1) is 33.9 Å². The summed E-state index contributed by atoms with van der Waals surface area (Å²) in [6.07, 6.45) is 27.0. The van der Waals surface area contributed by atoms with Crippen LogP contribution in [0.2, 0.25) is 0 Å². The van der Waals surface area contributed by atoms with Gasteiger partial charge in [0.15, 0.2) is 6.10 Å². The number of quaternary nitrogens is 1. The second-order valence-corrected chi connectivity index (χ2v) is 12.1. The van der Waals surface area contributed by atoms with Crippen LogP contribution in [0.1, 0.15) is 58.8 Å². The summed E-state index contributed by atoms with van der Waals surface area (Å²) in [6, 6.07) is 0. The number of hydrogen-bond donors (Lipinski definition) is 2. The summed E-state index contributed by atoms with van der Waals surface area (Å²) in [5.41, 5.74) is 0. The van der Waals surface area contributed by atoms with Crippen molar-refractivity contribution in [2.75, 3.05) is 47.5 Å². The Morgan fingerprint density at radius 1 is 0.837 bits per heavy atom. The third-order valence-electron chi connectivity index (χ3n) is 5.42. The first-order valence-electron chi connectivity index (χ1n) is 14.7. The topological polar surface area (TPSA) is 129 Å². The number of carbonyl (C=O) groups excluding carboxylic acids is 2. The molecule has 2 unspecified atom stereocenters. The zero-order chi connectivity index (χ0) is 32.4. The molecule has 2 N–H and O–H groups in total. The van der Waals surface area contributed by atoms with Crippen LogP contribution in [0.4, 0.5) is 0 Å². The number of aliphatic hydroxyl groups excluding tert-OH is 1. The van der Waals surface area contributed by atoms with Crippen molar-refractivity contribution in [1.82, 2.24) is 0 Å². The van der Waals surface area contributed by atoms with Crippen molar-refractivity contribution in [2.24, 2.45) is 0 Å². The van der Waals surface area contributed by atoms with E-state index in [-0.39, 0.29) is 26.1 Å². The molecular formula is C32H53NO9P+. The van der Waals surface area contributed by atoms with E-state index in [1.165, 1.54) is 0 Å². The van der Waals surface area contributed by atoms with Gasteiger partial charge in [0, 0.05) is 13.3 Å². The molecule has 0 saturated carbocycles. The predicted molar refractivity (Wildman–Crippen MR) is 170 cm³/mol. The van der Waals surface area contributed by atoms with E-state index in [9.17, 15) is 24.2 Å². The van der Waals surface area contributed by atoms with E-state index in [1.807, 2.05) is 33.3 Å². The molecule has 0 heterocycles. The molecule has 0 saturated heterocycles. The maximum absolute atomic E-state index is 12.1.